The number of hydrogen-bond acceptors (Lipinski definition) is 2. The van der Waals surface area contributed by atoms with E-state index in [1.54, 1.807) is 0 Å². The lowest BCUT2D eigenvalue weighted by Gasteiger charge is -2.33. The smallest absolute Gasteiger partial charge is 0.371 e. The Morgan fingerprint density at radius 3 is 2.53 bits per heavy atom. The highest BCUT2D eigenvalue weighted by atomic mass is 19.4. The molecule has 0 spiro atoms. The van der Waals surface area contributed by atoms with Gasteiger partial charge in [-0.1, -0.05) is 0 Å². The van der Waals surface area contributed by atoms with E-state index in [2.05, 4.69) is 11.0 Å². The van der Waals surface area contributed by atoms with Crippen LogP contribution in [0.15, 0.2) is 24.3 Å². The van der Waals surface area contributed by atoms with Crippen LogP contribution < -0.4 is 4.90 Å². The molecule has 1 unspecified atom stereocenters. The summed E-state index contributed by atoms with van der Waals surface area (Å²) < 4.78 is 37.4. The van der Waals surface area contributed by atoms with E-state index in [-0.39, 0.29) is 0 Å². The van der Waals surface area contributed by atoms with Gasteiger partial charge in [-0.15, -0.1) is 0 Å². The highest BCUT2D eigenvalue weighted by Gasteiger charge is 2.30. The molecule has 0 saturated carbocycles. The lowest BCUT2D eigenvalue weighted by molar-refractivity contribution is -0.137. The molecule has 0 amide bonds. The largest absolute Gasteiger partial charge is 0.416 e. The molecule has 19 heavy (non-hydrogen) atoms. The standard InChI is InChI=1S/C14H15F3N2/c15-14(16,17)12-3-5-13(6-4-12)19-9-1-2-11(10-19)7-8-18/h3-6,11H,1-2,7,9-10H2. The highest BCUT2D eigenvalue weighted by molar-refractivity contribution is 5.48. The van der Waals surface area contributed by atoms with E-state index in [0.29, 0.717) is 12.3 Å². The van der Waals surface area contributed by atoms with Gasteiger partial charge in [-0.05, 0) is 43.0 Å². The molecule has 0 N–H and O–H groups in total. The van der Waals surface area contributed by atoms with E-state index < -0.39 is 11.7 Å². The number of nitriles is 1. The molecular weight excluding hydrogens is 253 g/mol. The second-order valence-electron chi connectivity index (χ2n) is 4.86. The first-order valence-electron chi connectivity index (χ1n) is 6.30. The van der Waals surface area contributed by atoms with Crippen LogP contribution >= 0.6 is 0 Å². The topological polar surface area (TPSA) is 27.0 Å². The summed E-state index contributed by atoms with van der Waals surface area (Å²) in [6.07, 6.45) is -1.78. The Hall–Kier alpha value is -1.70. The van der Waals surface area contributed by atoms with Crippen molar-refractivity contribution in [1.82, 2.24) is 0 Å². The van der Waals surface area contributed by atoms with Gasteiger partial charge in [0.25, 0.3) is 0 Å². The second kappa shape index (κ2) is 5.52. The molecule has 1 heterocycles. The SMILES string of the molecule is N#CCC1CCCN(c2ccc(C(F)(F)F)cc2)C1. The van der Waals surface area contributed by atoms with E-state index in [0.717, 1.165) is 43.8 Å². The average molecular weight is 268 g/mol. The van der Waals surface area contributed by atoms with Crippen molar-refractivity contribution in [3.05, 3.63) is 29.8 Å². The number of alkyl halides is 3. The van der Waals surface area contributed by atoms with E-state index in [4.69, 9.17) is 5.26 Å². The Balaban J connectivity index is 2.08. The van der Waals surface area contributed by atoms with E-state index in [1.807, 2.05) is 0 Å². The first-order chi connectivity index (χ1) is 9.00. The van der Waals surface area contributed by atoms with Gasteiger partial charge in [0.2, 0.25) is 0 Å². The van der Waals surface area contributed by atoms with Gasteiger partial charge in [-0.3, -0.25) is 0 Å². The molecule has 2 rings (SSSR count). The summed E-state index contributed by atoms with van der Waals surface area (Å²) in [6.45, 7) is 1.59. The lowest BCUT2D eigenvalue weighted by Crippen LogP contribution is -2.35. The van der Waals surface area contributed by atoms with Gasteiger partial charge >= 0.3 is 6.18 Å². The van der Waals surface area contributed by atoms with Crippen LogP contribution in [-0.4, -0.2) is 13.1 Å². The molecule has 102 valence electrons. The molecule has 0 aliphatic carbocycles. The van der Waals surface area contributed by atoms with Crippen LogP contribution in [-0.2, 0) is 6.18 Å². The van der Waals surface area contributed by atoms with Gasteiger partial charge in [0.15, 0.2) is 0 Å². The maximum atomic E-state index is 12.5. The van der Waals surface area contributed by atoms with Crippen LogP contribution in [0.1, 0.15) is 24.8 Å². The second-order valence-corrected chi connectivity index (χ2v) is 4.86. The number of halogens is 3. The monoisotopic (exact) mass is 268 g/mol. The van der Waals surface area contributed by atoms with Crippen LogP contribution in [0.4, 0.5) is 18.9 Å². The highest BCUT2D eigenvalue weighted by Crippen LogP contribution is 2.31. The summed E-state index contributed by atoms with van der Waals surface area (Å²) in [5, 5.41) is 8.71. The van der Waals surface area contributed by atoms with Crippen molar-refractivity contribution in [2.24, 2.45) is 5.92 Å². The molecule has 1 aromatic rings. The molecule has 0 aromatic heterocycles. The minimum Gasteiger partial charge on any atom is -0.371 e. The number of piperidine rings is 1. The number of benzene rings is 1. The molecule has 1 atom stereocenters. The zero-order chi connectivity index (χ0) is 13.9. The molecule has 1 aliphatic heterocycles. The van der Waals surface area contributed by atoms with Gasteiger partial charge in [0, 0.05) is 25.2 Å². The Morgan fingerprint density at radius 2 is 1.95 bits per heavy atom. The van der Waals surface area contributed by atoms with Crippen LogP contribution in [0.25, 0.3) is 0 Å². The molecule has 0 radical (unpaired) electrons. The maximum absolute atomic E-state index is 12.5. The molecule has 0 bridgehead atoms. The van der Waals surface area contributed by atoms with Crippen molar-refractivity contribution < 1.29 is 13.2 Å². The van der Waals surface area contributed by atoms with E-state index in [1.165, 1.54) is 12.1 Å². The van der Waals surface area contributed by atoms with Gasteiger partial charge in [0.1, 0.15) is 0 Å². The van der Waals surface area contributed by atoms with Gasteiger partial charge in [-0.2, -0.15) is 18.4 Å². The summed E-state index contributed by atoms with van der Waals surface area (Å²) in [5.74, 6) is 0.320. The molecule has 1 saturated heterocycles. The minimum atomic E-state index is -4.29. The van der Waals surface area contributed by atoms with Crippen LogP contribution in [0, 0.1) is 17.2 Å². The number of nitrogens with zero attached hydrogens (tertiary/aromatic N) is 2. The van der Waals surface area contributed by atoms with Crippen LogP contribution in [0.2, 0.25) is 0 Å². The molecule has 1 fully saturated rings. The minimum absolute atomic E-state index is 0.320. The predicted molar refractivity (Wildman–Crippen MR) is 66.6 cm³/mol. The average Bonchev–Trinajstić information content (AvgIpc) is 2.39. The zero-order valence-corrected chi connectivity index (χ0v) is 10.5. The van der Waals surface area contributed by atoms with Crippen molar-refractivity contribution in [2.75, 3.05) is 18.0 Å². The third kappa shape index (κ3) is 3.40. The third-order valence-corrected chi connectivity index (χ3v) is 3.46. The van der Waals surface area contributed by atoms with Crippen LogP contribution in [0.5, 0.6) is 0 Å². The normalized spacial score (nSPS) is 20.1. The van der Waals surface area contributed by atoms with Gasteiger partial charge < -0.3 is 4.90 Å². The predicted octanol–water partition coefficient (Wildman–Crippen LogP) is 3.84. The Labute approximate surface area is 110 Å². The van der Waals surface area contributed by atoms with Crippen molar-refractivity contribution in [3.8, 4) is 6.07 Å². The zero-order valence-electron chi connectivity index (χ0n) is 10.5. The Morgan fingerprint density at radius 1 is 1.26 bits per heavy atom. The Bertz CT molecular complexity index is 459. The van der Waals surface area contributed by atoms with Crippen molar-refractivity contribution >= 4 is 5.69 Å². The van der Waals surface area contributed by atoms with Crippen molar-refractivity contribution in [3.63, 3.8) is 0 Å². The molecule has 1 aliphatic rings. The van der Waals surface area contributed by atoms with E-state index >= 15 is 0 Å². The summed E-state index contributed by atoms with van der Waals surface area (Å²) in [4.78, 5) is 2.06. The summed E-state index contributed by atoms with van der Waals surface area (Å²) in [6, 6.07) is 7.41. The summed E-state index contributed by atoms with van der Waals surface area (Å²) in [7, 11) is 0. The van der Waals surface area contributed by atoms with Crippen molar-refractivity contribution in [2.45, 2.75) is 25.4 Å². The number of rotatable bonds is 2. The first kappa shape index (κ1) is 13.7. The summed E-state index contributed by atoms with van der Waals surface area (Å²) in [5.41, 5.74) is 0.178. The number of hydrogen-bond donors (Lipinski definition) is 0. The van der Waals surface area contributed by atoms with Gasteiger partial charge in [-0.25, -0.2) is 0 Å². The fourth-order valence-corrected chi connectivity index (χ4v) is 2.46. The molecular formula is C14H15F3N2. The lowest BCUT2D eigenvalue weighted by atomic mass is 9.95. The molecule has 5 heteroatoms. The molecule has 1 aromatic carbocycles. The fraction of sp³-hybridized carbons (Fsp3) is 0.500. The first-order valence-corrected chi connectivity index (χ1v) is 6.30. The molecule has 2 nitrogen and oxygen atoms in total. The van der Waals surface area contributed by atoms with Crippen molar-refractivity contribution in [1.29, 1.82) is 5.26 Å². The quantitative estimate of drug-likeness (QED) is 0.815. The third-order valence-electron chi connectivity index (χ3n) is 3.46. The Kier molecular flexibility index (Phi) is 3.98. The van der Waals surface area contributed by atoms with E-state index in [9.17, 15) is 13.2 Å². The number of anilines is 1. The fourth-order valence-electron chi connectivity index (χ4n) is 2.46. The van der Waals surface area contributed by atoms with Gasteiger partial charge in [0.05, 0.1) is 11.6 Å². The summed E-state index contributed by atoms with van der Waals surface area (Å²) >= 11 is 0. The van der Waals surface area contributed by atoms with Crippen LogP contribution in [0.3, 0.4) is 0 Å². The maximum Gasteiger partial charge on any atom is 0.416 e.